The molecule has 1 nitrogen and oxygen atoms in total. The quantitative estimate of drug-likeness (QED) is 0.853. The maximum absolute atomic E-state index is 6.01. The lowest BCUT2D eigenvalue weighted by atomic mass is 9.87. The highest BCUT2D eigenvalue weighted by Gasteiger charge is 2.19. The van der Waals surface area contributed by atoms with Gasteiger partial charge in [-0.15, -0.1) is 0 Å². The lowest BCUT2D eigenvalue weighted by molar-refractivity contribution is 0.458. The van der Waals surface area contributed by atoms with Gasteiger partial charge in [-0.1, -0.05) is 41.9 Å². The molecule has 0 fully saturated rings. The number of hydrogen-bond donors (Lipinski definition) is 1. The zero-order chi connectivity index (χ0) is 13.9. The highest BCUT2D eigenvalue weighted by atomic mass is 35.5. The molecule has 0 aromatic heterocycles. The van der Waals surface area contributed by atoms with E-state index in [-0.39, 0.29) is 0 Å². The van der Waals surface area contributed by atoms with Crippen molar-refractivity contribution < 1.29 is 0 Å². The second-order valence-corrected chi connectivity index (χ2v) is 6.03. The van der Waals surface area contributed by atoms with E-state index in [1.165, 1.54) is 41.5 Å². The normalized spacial score (nSPS) is 17.8. The summed E-state index contributed by atoms with van der Waals surface area (Å²) >= 11 is 6.01. The van der Waals surface area contributed by atoms with E-state index in [1.54, 1.807) is 0 Å². The number of halogens is 1. The van der Waals surface area contributed by atoms with Gasteiger partial charge in [0.2, 0.25) is 0 Å². The third-order valence-corrected chi connectivity index (χ3v) is 4.45. The summed E-state index contributed by atoms with van der Waals surface area (Å²) in [6.07, 6.45) is 3.71. The van der Waals surface area contributed by atoms with Crippen LogP contribution in [0.1, 0.15) is 41.1 Å². The molecule has 0 aliphatic heterocycles. The molecule has 0 spiro atoms. The highest BCUT2D eigenvalue weighted by molar-refractivity contribution is 6.30. The van der Waals surface area contributed by atoms with Crippen LogP contribution in [-0.2, 0) is 13.0 Å². The van der Waals surface area contributed by atoms with Gasteiger partial charge in [0.1, 0.15) is 0 Å². The molecule has 1 aliphatic carbocycles. The lowest BCUT2D eigenvalue weighted by Crippen LogP contribution is -2.25. The van der Waals surface area contributed by atoms with E-state index >= 15 is 0 Å². The van der Waals surface area contributed by atoms with Crippen LogP contribution in [-0.4, -0.2) is 0 Å². The van der Waals surface area contributed by atoms with Crippen LogP contribution in [0.2, 0.25) is 5.02 Å². The second kappa shape index (κ2) is 5.99. The molecule has 0 saturated heterocycles. The smallest absolute Gasteiger partial charge is 0.0408 e. The van der Waals surface area contributed by atoms with Crippen LogP contribution in [0.5, 0.6) is 0 Å². The Morgan fingerprint density at radius 1 is 1.20 bits per heavy atom. The molecular weight excluding hydrogens is 266 g/mol. The number of fused-ring (bicyclic) bond motifs is 1. The van der Waals surface area contributed by atoms with Gasteiger partial charge < -0.3 is 5.32 Å². The fraction of sp³-hybridized carbons (Fsp3) is 0.333. The van der Waals surface area contributed by atoms with Crippen molar-refractivity contribution in [2.24, 2.45) is 0 Å². The largest absolute Gasteiger partial charge is 0.306 e. The molecule has 2 aromatic carbocycles. The number of nitrogens with one attached hydrogen (secondary N) is 1. The van der Waals surface area contributed by atoms with Crippen LogP contribution in [0, 0.1) is 6.92 Å². The Hall–Kier alpha value is -1.31. The first-order valence-electron chi connectivity index (χ1n) is 7.30. The van der Waals surface area contributed by atoms with E-state index in [4.69, 9.17) is 11.6 Å². The maximum Gasteiger partial charge on any atom is 0.0408 e. The van der Waals surface area contributed by atoms with E-state index in [0.29, 0.717) is 6.04 Å². The van der Waals surface area contributed by atoms with Crippen molar-refractivity contribution in [3.05, 3.63) is 69.7 Å². The van der Waals surface area contributed by atoms with Crippen molar-refractivity contribution in [1.29, 1.82) is 0 Å². The van der Waals surface area contributed by atoms with Crippen LogP contribution in [0.15, 0.2) is 42.5 Å². The van der Waals surface area contributed by atoms with E-state index < -0.39 is 0 Å². The van der Waals surface area contributed by atoms with Gasteiger partial charge in [0.05, 0.1) is 0 Å². The summed E-state index contributed by atoms with van der Waals surface area (Å²) in [4.78, 5) is 0. The van der Waals surface area contributed by atoms with Gasteiger partial charge in [-0.3, -0.25) is 0 Å². The van der Waals surface area contributed by atoms with Gasteiger partial charge in [0.15, 0.2) is 0 Å². The SMILES string of the molecule is Cc1cc(Cl)ccc1CNC1CCCc2ccccc21. The predicted molar refractivity (Wildman–Crippen MR) is 85.1 cm³/mol. The number of aryl methyl sites for hydroxylation is 2. The molecule has 0 radical (unpaired) electrons. The van der Waals surface area contributed by atoms with E-state index in [9.17, 15) is 0 Å². The molecule has 0 bridgehead atoms. The molecule has 2 aromatic rings. The number of rotatable bonds is 3. The summed E-state index contributed by atoms with van der Waals surface area (Å²) in [6, 6.07) is 15.4. The molecule has 1 unspecified atom stereocenters. The Balaban J connectivity index is 1.73. The fourth-order valence-electron chi connectivity index (χ4n) is 3.06. The average Bonchev–Trinajstić information content (AvgIpc) is 2.46. The fourth-order valence-corrected chi connectivity index (χ4v) is 3.28. The van der Waals surface area contributed by atoms with Gasteiger partial charge in [0, 0.05) is 17.6 Å². The summed E-state index contributed by atoms with van der Waals surface area (Å²) in [5.41, 5.74) is 5.57. The van der Waals surface area contributed by atoms with Crippen molar-refractivity contribution in [3.8, 4) is 0 Å². The lowest BCUT2D eigenvalue weighted by Gasteiger charge is -2.26. The molecule has 20 heavy (non-hydrogen) atoms. The summed E-state index contributed by atoms with van der Waals surface area (Å²) in [5.74, 6) is 0. The Morgan fingerprint density at radius 3 is 2.90 bits per heavy atom. The Morgan fingerprint density at radius 2 is 2.05 bits per heavy atom. The minimum absolute atomic E-state index is 0.482. The molecule has 0 heterocycles. The Kier molecular flexibility index (Phi) is 4.09. The summed E-state index contributed by atoms with van der Waals surface area (Å²) < 4.78 is 0. The van der Waals surface area contributed by atoms with Gasteiger partial charge in [-0.25, -0.2) is 0 Å². The first-order valence-corrected chi connectivity index (χ1v) is 7.68. The van der Waals surface area contributed by atoms with Gasteiger partial charge in [-0.05, 0) is 60.6 Å². The van der Waals surface area contributed by atoms with Gasteiger partial charge in [-0.2, -0.15) is 0 Å². The predicted octanol–water partition coefficient (Wildman–Crippen LogP) is 4.82. The van der Waals surface area contributed by atoms with Crippen LogP contribution >= 0.6 is 11.6 Å². The van der Waals surface area contributed by atoms with Gasteiger partial charge >= 0.3 is 0 Å². The summed E-state index contributed by atoms with van der Waals surface area (Å²) in [7, 11) is 0. The van der Waals surface area contributed by atoms with Crippen molar-refractivity contribution in [1.82, 2.24) is 5.32 Å². The first kappa shape index (κ1) is 13.7. The van der Waals surface area contributed by atoms with Crippen LogP contribution in [0.25, 0.3) is 0 Å². The minimum atomic E-state index is 0.482. The standard InChI is InChI=1S/C18H20ClN/c1-13-11-16(19)10-9-15(13)12-20-18-8-4-6-14-5-2-3-7-17(14)18/h2-3,5,7,9-11,18,20H,4,6,8,12H2,1H3. The monoisotopic (exact) mass is 285 g/mol. The Labute approximate surface area is 126 Å². The van der Waals surface area contributed by atoms with Crippen molar-refractivity contribution in [3.63, 3.8) is 0 Å². The van der Waals surface area contributed by atoms with Crippen molar-refractivity contribution >= 4 is 11.6 Å². The zero-order valence-electron chi connectivity index (χ0n) is 11.8. The highest BCUT2D eigenvalue weighted by Crippen LogP contribution is 2.29. The molecular formula is C18H20ClN. The zero-order valence-corrected chi connectivity index (χ0v) is 12.6. The molecule has 1 N–H and O–H groups in total. The third kappa shape index (κ3) is 2.89. The van der Waals surface area contributed by atoms with E-state index in [1.807, 2.05) is 12.1 Å². The van der Waals surface area contributed by atoms with Crippen LogP contribution < -0.4 is 5.32 Å². The average molecular weight is 286 g/mol. The van der Waals surface area contributed by atoms with Crippen molar-refractivity contribution in [2.75, 3.05) is 0 Å². The van der Waals surface area contributed by atoms with Crippen molar-refractivity contribution in [2.45, 2.75) is 38.8 Å². The maximum atomic E-state index is 6.01. The summed E-state index contributed by atoms with van der Waals surface area (Å²) in [6.45, 7) is 3.03. The molecule has 0 amide bonds. The number of benzene rings is 2. The molecule has 1 aliphatic rings. The second-order valence-electron chi connectivity index (χ2n) is 5.60. The summed E-state index contributed by atoms with van der Waals surface area (Å²) in [5, 5.41) is 4.53. The molecule has 1 atom stereocenters. The van der Waals surface area contributed by atoms with Gasteiger partial charge in [0.25, 0.3) is 0 Å². The first-order chi connectivity index (χ1) is 9.74. The molecule has 0 saturated carbocycles. The Bertz CT molecular complexity index is 606. The molecule has 2 heteroatoms. The number of hydrogen-bond acceptors (Lipinski definition) is 1. The van der Waals surface area contributed by atoms with Crippen LogP contribution in [0.4, 0.5) is 0 Å². The minimum Gasteiger partial charge on any atom is -0.306 e. The molecule has 3 rings (SSSR count). The van der Waals surface area contributed by atoms with Crippen LogP contribution in [0.3, 0.4) is 0 Å². The van der Waals surface area contributed by atoms with E-state index in [2.05, 4.69) is 42.6 Å². The molecule has 104 valence electrons. The third-order valence-electron chi connectivity index (χ3n) is 4.21. The van der Waals surface area contributed by atoms with E-state index in [0.717, 1.165) is 11.6 Å². The topological polar surface area (TPSA) is 12.0 Å².